The van der Waals surface area contributed by atoms with E-state index in [4.69, 9.17) is 9.15 Å². The molecule has 0 saturated carbocycles. The van der Waals surface area contributed by atoms with Crippen molar-refractivity contribution in [1.29, 1.82) is 0 Å². The number of nitrogens with zero attached hydrogens (tertiary/aromatic N) is 1. The van der Waals surface area contributed by atoms with Gasteiger partial charge in [0.2, 0.25) is 5.91 Å². The highest BCUT2D eigenvalue weighted by molar-refractivity contribution is 5.76. The van der Waals surface area contributed by atoms with Gasteiger partial charge in [-0.2, -0.15) is 0 Å². The molecule has 0 aliphatic carbocycles. The first-order valence-electron chi connectivity index (χ1n) is 7.82. The SMILES string of the molecule is O=C(CCCOc1ccccc1)N1CCC(c2ccco2)C1. The van der Waals surface area contributed by atoms with Gasteiger partial charge in [-0.05, 0) is 37.1 Å². The van der Waals surface area contributed by atoms with Gasteiger partial charge in [0.15, 0.2) is 0 Å². The monoisotopic (exact) mass is 299 g/mol. The Hall–Kier alpha value is -2.23. The molecule has 1 unspecified atom stereocenters. The predicted molar refractivity (Wildman–Crippen MR) is 83.8 cm³/mol. The van der Waals surface area contributed by atoms with Crippen LogP contribution in [0, 0.1) is 0 Å². The van der Waals surface area contributed by atoms with Gasteiger partial charge in [0.25, 0.3) is 0 Å². The average Bonchev–Trinajstić information content (AvgIpc) is 3.22. The highest BCUT2D eigenvalue weighted by Crippen LogP contribution is 2.27. The Bertz CT molecular complexity index is 580. The number of furan rings is 1. The fraction of sp³-hybridized carbons (Fsp3) is 0.389. The van der Waals surface area contributed by atoms with Gasteiger partial charge in [-0.25, -0.2) is 0 Å². The molecular formula is C18H21NO3. The zero-order valence-electron chi connectivity index (χ0n) is 12.6. The summed E-state index contributed by atoms with van der Waals surface area (Å²) in [7, 11) is 0. The number of amides is 1. The summed E-state index contributed by atoms with van der Waals surface area (Å²) in [5, 5.41) is 0. The van der Waals surface area contributed by atoms with Crippen LogP contribution in [0.1, 0.15) is 30.9 Å². The van der Waals surface area contributed by atoms with Crippen molar-refractivity contribution in [1.82, 2.24) is 4.90 Å². The molecule has 0 radical (unpaired) electrons. The molecule has 2 aromatic rings. The van der Waals surface area contributed by atoms with E-state index in [1.54, 1.807) is 6.26 Å². The van der Waals surface area contributed by atoms with E-state index in [0.29, 0.717) is 18.9 Å². The Labute approximate surface area is 130 Å². The van der Waals surface area contributed by atoms with E-state index in [0.717, 1.165) is 37.4 Å². The molecule has 1 aliphatic rings. The maximum atomic E-state index is 12.2. The lowest BCUT2D eigenvalue weighted by Crippen LogP contribution is -2.28. The minimum atomic E-state index is 0.214. The van der Waals surface area contributed by atoms with Gasteiger partial charge >= 0.3 is 0 Å². The molecule has 1 amide bonds. The second-order valence-electron chi connectivity index (χ2n) is 5.61. The largest absolute Gasteiger partial charge is 0.494 e. The van der Waals surface area contributed by atoms with Crippen molar-refractivity contribution < 1.29 is 13.9 Å². The number of para-hydroxylation sites is 1. The van der Waals surface area contributed by atoms with Crippen molar-refractivity contribution in [2.75, 3.05) is 19.7 Å². The van der Waals surface area contributed by atoms with Crippen molar-refractivity contribution in [2.24, 2.45) is 0 Å². The zero-order valence-corrected chi connectivity index (χ0v) is 12.6. The van der Waals surface area contributed by atoms with E-state index in [1.807, 2.05) is 47.4 Å². The van der Waals surface area contributed by atoms with E-state index in [9.17, 15) is 4.79 Å². The van der Waals surface area contributed by atoms with Crippen LogP contribution in [0.3, 0.4) is 0 Å². The van der Waals surface area contributed by atoms with Crippen molar-refractivity contribution >= 4 is 5.91 Å². The van der Waals surface area contributed by atoms with E-state index < -0.39 is 0 Å². The molecular weight excluding hydrogens is 278 g/mol. The van der Waals surface area contributed by atoms with E-state index in [2.05, 4.69) is 0 Å². The highest BCUT2D eigenvalue weighted by atomic mass is 16.5. The summed E-state index contributed by atoms with van der Waals surface area (Å²) < 4.78 is 11.0. The van der Waals surface area contributed by atoms with Crippen molar-refractivity contribution in [2.45, 2.75) is 25.2 Å². The fourth-order valence-corrected chi connectivity index (χ4v) is 2.83. The van der Waals surface area contributed by atoms with Gasteiger partial charge in [-0.1, -0.05) is 18.2 Å². The normalized spacial score (nSPS) is 17.6. The molecule has 116 valence electrons. The van der Waals surface area contributed by atoms with Crippen LogP contribution in [-0.2, 0) is 4.79 Å². The Kier molecular flexibility index (Phi) is 4.78. The van der Waals surface area contributed by atoms with Gasteiger partial charge in [0, 0.05) is 25.4 Å². The van der Waals surface area contributed by atoms with Gasteiger partial charge in [-0.15, -0.1) is 0 Å². The first-order chi connectivity index (χ1) is 10.8. The summed E-state index contributed by atoms with van der Waals surface area (Å²) in [5.41, 5.74) is 0. The smallest absolute Gasteiger partial charge is 0.222 e. The summed E-state index contributed by atoms with van der Waals surface area (Å²) >= 11 is 0. The molecule has 0 spiro atoms. The maximum absolute atomic E-state index is 12.2. The molecule has 1 aromatic heterocycles. The molecule has 3 rings (SSSR count). The number of ether oxygens (including phenoxy) is 1. The third-order valence-corrected chi connectivity index (χ3v) is 4.03. The molecule has 1 atom stereocenters. The molecule has 4 heteroatoms. The number of hydrogen-bond acceptors (Lipinski definition) is 3. The van der Waals surface area contributed by atoms with Crippen LogP contribution in [-0.4, -0.2) is 30.5 Å². The van der Waals surface area contributed by atoms with Crippen LogP contribution in [0.4, 0.5) is 0 Å². The summed E-state index contributed by atoms with van der Waals surface area (Å²) in [4.78, 5) is 14.2. The second kappa shape index (κ2) is 7.16. The number of benzene rings is 1. The molecule has 2 heterocycles. The lowest BCUT2D eigenvalue weighted by atomic mass is 10.1. The lowest BCUT2D eigenvalue weighted by molar-refractivity contribution is -0.130. The van der Waals surface area contributed by atoms with Crippen LogP contribution < -0.4 is 4.74 Å². The van der Waals surface area contributed by atoms with E-state index in [1.165, 1.54) is 0 Å². The number of carbonyl (C=O) groups excluding carboxylic acids is 1. The molecule has 0 N–H and O–H groups in total. The maximum Gasteiger partial charge on any atom is 0.222 e. The predicted octanol–water partition coefficient (Wildman–Crippen LogP) is 3.45. The molecule has 22 heavy (non-hydrogen) atoms. The number of hydrogen-bond donors (Lipinski definition) is 0. The highest BCUT2D eigenvalue weighted by Gasteiger charge is 2.28. The molecule has 0 bridgehead atoms. The van der Waals surface area contributed by atoms with Crippen LogP contribution in [0.15, 0.2) is 53.1 Å². The van der Waals surface area contributed by atoms with Crippen LogP contribution in [0.2, 0.25) is 0 Å². The average molecular weight is 299 g/mol. The molecule has 1 aliphatic heterocycles. The Balaban J connectivity index is 1.38. The molecule has 1 fully saturated rings. The third kappa shape index (κ3) is 3.70. The topological polar surface area (TPSA) is 42.7 Å². The number of likely N-dealkylation sites (tertiary alicyclic amines) is 1. The molecule has 1 aromatic carbocycles. The van der Waals surface area contributed by atoms with Crippen molar-refractivity contribution in [3.8, 4) is 5.75 Å². The van der Waals surface area contributed by atoms with Crippen molar-refractivity contribution in [3.05, 3.63) is 54.5 Å². The number of carbonyl (C=O) groups is 1. The van der Waals surface area contributed by atoms with Crippen LogP contribution >= 0.6 is 0 Å². The minimum absolute atomic E-state index is 0.214. The Morgan fingerprint density at radius 3 is 2.86 bits per heavy atom. The van der Waals surface area contributed by atoms with Crippen molar-refractivity contribution in [3.63, 3.8) is 0 Å². The third-order valence-electron chi connectivity index (χ3n) is 4.03. The molecule has 1 saturated heterocycles. The Morgan fingerprint density at radius 2 is 2.09 bits per heavy atom. The van der Waals surface area contributed by atoms with Gasteiger partial charge < -0.3 is 14.1 Å². The van der Waals surface area contributed by atoms with Crippen LogP contribution in [0.25, 0.3) is 0 Å². The first kappa shape index (κ1) is 14.7. The van der Waals surface area contributed by atoms with E-state index >= 15 is 0 Å². The van der Waals surface area contributed by atoms with Gasteiger partial charge in [-0.3, -0.25) is 4.79 Å². The summed E-state index contributed by atoms with van der Waals surface area (Å²) in [6, 6.07) is 13.6. The lowest BCUT2D eigenvalue weighted by Gasteiger charge is -2.16. The molecule has 4 nitrogen and oxygen atoms in total. The minimum Gasteiger partial charge on any atom is -0.494 e. The van der Waals surface area contributed by atoms with Gasteiger partial charge in [0.05, 0.1) is 12.9 Å². The summed E-state index contributed by atoms with van der Waals surface area (Å²) in [6.07, 6.45) is 3.97. The Morgan fingerprint density at radius 1 is 1.23 bits per heavy atom. The first-order valence-corrected chi connectivity index (χ1v) is 7.82. The quantitative estimate of drug-likeness (QED) is 0.767. The van der Waals surface area contributed by atoms with Crippen LogP contribution in [0.5, 0.6) is 5.75 Å². The number of rotatable bonds is 6. The second-order valence-corrected chi connectivity index (χ2v) is 5.61. The standard InChI is InChI=1S/C18H21NO3/c20-18(9-5-12-21-16-6-2-1-3-7-16)19-11-10-15(14-19)17-8-4-13-22-17/h1-4,6-8,13,15H,5,9-12,14H2. The van der Waals surface area contributed by atoms with Gasteiger partial charge in [0.1, 0.15) is 11.5 Å². The summed E-state index contributed by atoms with van der Waals surface area (Å²) in [5.74, 6) is 2.40. The zero-order chi connectivity index (χ0) is 15.2. The van der Waals surface area contributed by atoms with E-state index in [-0.39, 0.29) is 5.91 Å². The summed E-state index contributed by atoms with van der Waals surface area (Å²) in [6.45, 7) is 2.17. The fourth-order valence-electron chi connectivity index (χ4n) is 2.83.